The monoisotopic (exact) mass is 386 g/mol. The molecule has 4 heterocycles. The molecule has 1 aromatic rings. The molecule has 1 amide bonds. The average molecular weight is 387 g/mol. The summed E-state index contributed by atoms with van der Waals surface area (Å²) >= 11 is 0. The molecule has 154 valence electrons. The van der Waals surface area contributed by atoms with E-state index in [1.54, 1.807) is 0 Å². The summed E-state index contributed by atoms with van der Waals surface area (Å²) in [6.07, 6.45) is 5.39. The zero-order valence-corrected chi connectivity index (χ0v) is 17.1. The number of likely N-dealkylation sites (tertiary alicyclic amines) is 2. The van der Waals surface area contributed by atoms with Gasteiger partial charge in [0.2, 0.25) is 5.91 Å². The highest BCUT2D eigenvalue weighted by molar-refractivity contribution is 5.79. The molecule has 0 saturated carbocycles. The lowest BCUT2D eigenvalue weighted by Gasteiger charge is -2.41. The van der Waals surface area contributed by atoms with E-state index in [0.29, 0.717) is 12.6 Å². The first-order valence-corrected chi connectivity index (χ1v) is 10.9. The number of nitrogens with zero attached hydrogens (tertiary/aromatic N) is 3. The molecular formula is C22H34N4O2. The molecule has 3 aliphatic heterocycles. The van der Waals surface area contributed by atoms with Gasteiger partial charge in [0.05, 0.1) is 18.3 Å². The van der Waals surface area contributed by atoms with Crippen molar-refractivity contribution < 1.29 is 9.53 Å². The normalized spacial score (nSPS) is 25.8. The Kier molecular flexibility index (Phi) is 6.60. The van der Waals surface area contributed by atoms with Gasteiger partial charge in [0.25, 0.3) is 0 Å². The molecule has 0 unspecified atom stereocenters. The maximum absolute atomic E-state index is 12.5. The molecule has 4 rings (SSSR count). The summed E-state index contributed by atoms with van der Waals surface area (Å²) in [6, 6.07) is 7.20. The van der Waals surface area contributed by atoms with Crippen molar-refractivity contribution in [1.29, 1.82) is 0 Å². The highest BCUT2D eigenvalue weighted by Crippen LogP contribution is 2.25. The number of rotatable bonds is 5. The lowest BCUT2D eigenvalue weighted by atomic mass is 9.92. The van der Waals surface area contributed by atoms with Gasteiger partial charge < -0.3 is 15.0 Å². The first kappa shape index (κ1) is 19.8. The standard InChI is InChI=1S/C22H34N4O2/c1-17-3-2-4-19(23-17)15-25-10-7-21(8-11-25)26-12-5-18(6-13-26)22(27)24-20-9-14-28-16-20/h2-4,18,20-21H,5-16H2,1H3,(H,24,27)/t20-/m0/s1. The molecule has 0 spiro atoms. The molecule has 1 atom stereocenters. The third kappa shape index (κ3) is 5.10. The van der Waals surface area contributed by atoms with Crippen LogP contribution in [0.15, 0.2) is 18.2 Å². The molecule has 1 aromatic heterocycles. The second kappa shape index (κ2) is 9.33. The van der Waals surface area contributed by atoms with E-state index in [0.717, 1.165) is 64.3 Å². The van der Waals surface area contributed by atoms with Crippen LogP contribution in [0.5, 0.6) is 0 Å². The van der Waals surface area contributed by atoms with Crippen LogP contribution in [0.1, 0.15) is 43.5 Å². The Morgan fingerprint density at radius 1 is 1.14 bits per heavy atom. The van der Waals surface area contributed by atoms with Crippen LogP contribution in [0.4, 0.5) is 0 Å². The smallest absolute Gasteiger partial charge is 0.223 e. The van der Waals surface area contributed by atoms with Crippen molar-refractivity contribution >= 4 is 5.91 Å². The summed E-state index contributed by atoms with van der Waals surface area (Å²) in [4.78, 5) is 22.3. The minimum absolute atomic E-state index is 0.185. The summed E-state index contributed by atoms with van der Waals surface area (Å²) in [7, 11) is 0. The minimum atomic E-state index is 0.185. The van der Waals surface area contributed by atoms with Crippen LogP contribution < -0.4 is 5.32 Å². The number of hydrogen-bond acceptors (Lipinski definition) is 5. The van der Waals surface area contributed by atoms with Crippen molar-refractivity contribution in [2.75, 3.05) is 39.4 Å². The third-order valence-electron chi connectivity index (χ3n) is 6.58. The van der Waals surface area contributed by atoms with Gasteiger partial charge in [-0.3, -0.25) is 14.7 Å². The van der Waals surface area contributed by atoms with Crippen molar-refractivity contribution in [3.05, 3.63) is 29.6 Å². The molecular weight excluding hydrogens is 352 g/mol. The molecule has 1 N–H and O–H groups in total. The maximum Gasteiger partial charge on any atom is 0.223 e. The lowest BCUT2D eigenvalue weighted by Crippen LogP contribution is -2.49. The second-order valence-electron chi connectivity index (χ2n) is 8.66. The van der Waals surface area contributed by atoms with Gasteiger partial charge in [0, 0.05) is 43.9 Å². The highest BCUT2D eigenvalue weighted by atomic mass is 16.5. The molecule has 6 nitrogen and oxygen atoms in total. The fourth-order valence-electron chi connectivity index (χ4n) is 4.85. The number of piperidine rings is 2. The van der Waals surface area contributed by atoms with Crippen molar-refractivity contribution in [3.63, 3.8) is 0 Å². The van der Waals surface area contributed by atoms with E-state index in [-0.39, 0.29) is 17.9 Å². The van der Waals surface area contributed by atoms with Crippen LogP contribution in [0.3, 0.4) is 0 Å². The molecule has 3 aliphatic rings. The fourth-order valence-corrected chi connectivity index (χ4v) is 4.85. The Hall–Kier alpha value is -1.50. The lowest BCUT2D eigenvalue weighted by molar-refractivity contribution is -0.127. The van der Waals surface area contributed by atoms with E-state index >= 15 is 0 Å². The third-order valence-corrected chi connectivity index (χ3v) is 6.58. The van der Waals surface area contributed by atoms with Crippen molar-refractivity contribution in [2.45, 2.75) is 57.7 Å². The van der Waals surface area contributed by atoms with E-state index < -0.39 is 0 Å². The number of ether oxygens (including phenoxy) is 1. The first-order valence-electron chi connectivity index (χ1n) is 10.9. The van der Waals surface area contributed by atoms with Crippen LogP contribution in [0.2, 0.25) is 0 Å². The molecule has 3 fully saturated rings. The summed E-state index contributed by atoms with van der Waals surface area (Å²) < 4.78 is 5.36. The quantitative estimate of drug-likeness (QED) is 0.839. The summed E-state index contributed by atoms with van der Waals surface area (Å²) in [5, 5.41) is 3.18. The SMILES string of the molecule is Cc1cccc(CN2CCC(N3CCC(C(=O)N[C@H]4CCOC4)CC3)CC2)n1. The van der Waals surface area contributed by atoms with E-state index in [9.17, 15) is 4.79 Å². The summed E-state index contributed by atoms with van der Waals surface area (Å²) in [6.45, 7) is 8.88. The second-order valence-corrected chi connectivity index (χ2v) is 8.66. The number of hydrogen-bond donors (Lipinski definition) is 1. The number of aromatic nitrogens is 1. The fraction of sp³-hybridized carbons (Fsp3) is 0.727. The molecule has 28 heavy (non-hydrogen) atoms. The maximum atomic E-state index is 12.5. The van der Waals surface area contributed by atoms with Crippen molar-refractivity contribution in [1.82, 2.24) is 20.1 Å². The Balaban J connectivity index is 1.18. The molecule has 6 heteroatoms. The van der Waals surface area contributed by atoms with Crippen LogP contribution in [-0.4, -0.2) is 72.2 Å². The van der Waals surface area contributed by atoms with E-state index in [4.69, 9.17) is 4.74 Å². The van der Waals surface area contributed by atoms with Crippen LogP contribution in [-0.2, 0) is 16.1 Å². The minimum Gasteiger partial charge on any atom is -0.379 e. The Labute approximate surface area is 168 Å². The largest absolute Gasteiger partial charge is 0.379 e. The molecule has 3 saturated heterocycles. The predicted octanol–water partition coefficient (Wildman–Crippen LogP) is 1.97. The predicted molar refractivity (Wildman–Crippen MR) is 109 cm³/mol. The molecule has 0 bridgehead atoms. The number of pyridine rings is 1. The van der Waals surface area contributed by atoms with Crippen LogP contribution in [0.25, 0.3) is 0 Å². The Morgan fingerprint density at radius 3 is 2.61 bits per heavy atom. The van der Waals surface area contributed by atoms with Crippen LogP contribution >= 0.6 is 0 Å². The van der Waals surface area contributed by atoms with E-state index in [2.05, 4.69) is 45.2 Å². The zero-order chi connectivity index (χ0) is 19.3. The number of carbonyl (C=O) groups is 1. The topological polar surface area (TPSA) is 57.7 Å². The number of nitrogens with one attached hydrogen (secondary N) is 1. The molecule has 0 aromatic carbocycles. The van der Waals surface area contributed by atoms with Crippen molar-refractivity contribution in [2.24, 2.45) is 5.92 Å². The zero-order valence-electron chi connectivity index (χ0n) is 17.1. The van der Waals surface area contributed by atoms with Gasteiger partial charge in [-0.15, -0.1) is 0 Å². The summed E-state index contributed by atoms with van der Waals surface area (Å²) in [5.41, 5.74) is 2.28. The van der Waals surface area contributed by atoms with Gasteiger partial charge in [-0.25, -0.2) is 0 Å². The summed E-state index contributed by atoms with van der Waals surface area (Å²) in [5.74, 6) is 0.431. The Bertz CT molecular complexity index is 646. The van der Waals surface area contributed by atoms with Crippen molar-refractivity contribution in [3.8, 4) is 0 Å². The van der Waals surface area contributed by atoms with Gasteiger partial charge in [-0.1, -0.05) is 6.07 Å². The average Bonchev–Trinajstić information content (AvgIpc) is 3.22. The van der Waals surface area contributed by atoms with E-state index in [1.165, 1.54) is 18.5 Å². The van der Waals surface area contributed by atoms with Crippen LogP contribution in [0, 0.1) is 12.8 Å². The number of aryl methyl sites for hydroxylation is 1. The van der Waals surface area contributed by atoms with Gasteiger partial charge in [0.15, 0.2) is 0 Å². The molecule has 0 aliphatic carbocycles. The van der Waals surface area contributed by atoms with E-state index in [1.807, 2.05) is 0 Å². The Morgan fingerprint density at radius 2 is 1.93 bits per heavy atom. The van der Waals surface area contributed by atoms with Gasteiger partial charge in [0.1, 0.15) is 0 Å². The highest BCUT2D eigenvalue weighted by Gasteiger charge is 2.31. The van der Waals surface area contributed by atoms with Gasteiger partial charge in [-0.05, 0) is 64.3 Å². The number of amides is 1. The van der Waals surface area contributed by atoms with Gasteiger partial charge in [-0.2, -0.15) is 0 Å². The van der Waals surface area contributed by atoms with Gasteiger partial charge >= 0.3 is 0 Å². The molecule has 0 radical (unpaired) electrons. The first-order chi connectivity index (χ1) is 13.7. The number of carbonyl (C=O) groups excluding carboxylic acids is 1.